The summed E-state index contributed by atoms with van der Waals surface area (Å²) < 4.78 is 12.0. The molecule has 24 heavy (non-hydrogen) atoms. The molecule has 0 radical (unpaired) electrons. The first-order valence-corrected chi connectivity index (χ1v) is 8.44. The van der Waals surface area contributed by atoms with Crippen LogP contribution in [-0.4, -0.2) is 46.6 Å². The number of hydrogen-bond donors (Lipinski definition) is 2. The molecule has 1 aliphatic carbocycles. The highest BCUT2D eigenvalue weighted by Gasteiger charge is 2.68. The van der Waals surface area contributed by atoms with Gasteiger partial charge in [0.2, 0.25) is 0 Å². The molecule has 1 aromatic rings. The van der Waals surface area contributed by atoms with Gasteiger partial charge in [0.1, 0.15) is 5.60 Å². The number of rotatable bonds is 4. The van der Waals surface area contributed by atoms with Crippen LogP contribution < -0.4 is 0 Å². The van der Waals surface area contributed by atoms with E-state index in [0.717, 1.165) is 32.1 Å². The Morgan fingerprint density at radius 1 is 1.04 bits per heavy atom. The Balaban J connectivity index is 1.81. The molecule has 0 amide bonds. The lowest BCUT2D eigenvalue weighted by atomic mass is 9.70. The van der Waals surface area contributed by atoms with Gasteiger partial charge in [-0.3, -0.25) is 0 Å². The smallest absolute Gasteiger partial charge is 0.336 e. The van der Waals surface area contributed by atoms with Crippen molar-refractivity contribution in [2.45, 2.75) is 55.8 Å². The summed E-state index contributed by atoms with van der Waals surface area (Å²) in [6.45, 7) is 0.705. The van der Waals surface area contributed by atoms with Crippen LogP contribution in [-0.2, 0) is 9.47 Å². The summed E-state index contributed by atoms with van der Waals surface area (Å²) in [6, 6.07) is 4.71. The van der Waals surface area contributed by atoms with Crippen molar-refractivity contribution in [2.24, 2.45) is 0 Å². The molecule has 128 valence electrons. The third-order valence-corrected chi connectivity index (χ3v) is 5.65. The number of carbonyl (C=O) groups is 2. The van der Waals surface area contributed by atoms with Crippen LogP contribution in [0.4, 0.5) is 0 Å². The monoisotopic (exact) mass is 332 g/mol. The molecule has 6 nitrogen and oxygen atoms in total. The Bertz CT molecular complexity index is 693. The van der Waals surface area contributed by atoms with Gasteiger partial charge in [-0.2, -0.15) is 0 Å². The molecular weight excluding hydrogens is 312 g/mol. The number of fused-ring (bicyclic) bond motifs is 1. The summed E-state index contributed by atoms with van der Waals surface area (Å²) in [5, 5.41) is 19.0. The molecule has 4 rings (SSSR count). The molecule has 2 aliphatic heterocycles. The van der Waals surface area contributed by atoms with Crippen molar-refractivity contribution in [1.82, 2.24) is 0 Å². The summed E-state index contributed by atoms with van der Waals surface area (Å²) in [5.41, 5.74) is -0.176. The Morgan fingerprint density at radius 2 is 1.83 bits per heavy atom. The van der Waals surface area contributed by atoms with Crippen molar-refractivity contribution < 1.29 is 29.3 Å². The minimum Gasteiger partial charge on any atom is -0.478 e. The maximum atomic E-state index is 11.8. The molecule has 4 atom stereocenters. The topological polar surface area (TPSA) is 96.4 Å². The lowest BCUT2D eigenvalue weighted by Gasteiger charge is -2.33. The number of ether oxygens (including phenoxy) is 2. The largest absolute Gasteiger partial charge is 0.478 e. The SMILES string of the molecule is O=C(O)c1cccc(C2CCCC3OC32C2CCCO2)c1C(=O)O. The molecule has 0 aromatic heterocycles. The zero-order valence-electron chi connectivity index (χ0n) is 13.2. The van der Waals surface area contributed by atoms with Gasteiger partial charge in [0.25, 0.3) is 0 Å². The molecule has 2 heterocycles. The zero-order valence-corrected chi connectivity index (χ0v) is 13.2. The Labute approximate surface area is 139 Å². The quantitative estimate of drug-likeness (QED) is 0.823. The summed E-state index contributed by atoms with van der Waals surface area (Å²) in [4.78, 5) is 23.3. The van der Waals surface area contributed by atoms with Gasteiger partial charge < -0.3 is 19.7 Å². The minimum atomic E-state index is -1.22. The van der Waals surface area contributed by atoms with Gasteiger partial charge >= 0.3 is 11.9 Å². The Kier molecular flexibility index (Phi) is 3.62. The van der Waals surface area contributed by atoms with Crippen LogP contribution in [0.2, 0.25) is 0 Å². The zero-order chi connectivity index (χ0) is 16.9. The minimum absolute atomic E-state index is 0.0251. The number of aromatic carboxylic acids is 2. The first-order valence-electron chi connectivity index (χ1n) is 8.44. The summed E-state index contributed by atoms with van der Waals surface area (Å²) in [6.07, 6.45) is 4.65. The second kappa shape index (κ2) is 5.57. The van der Waals surface area contributed by atoms with Crippen molar-refractivity contribution in [3.63, 3.8) is 0 Å². The first-order chi connectivity index (χ1) is 11.6. The standard InChI is InChI=1S/C18H20O6/c19-16(20)11-5-1-4-10(15(11)17(21)22)12-6-2-7-14-18(12,24-14)13-8-3-9-23-13/h1,4-5,12-14H,2-3,6-9H2,(H,19,20)(H,21,22). The van der Waals surface area contributed by atoms with Crippen molar-refractivity contribution in [3.8, 4) is 0 Å². The van der Waals surface area contributed by atoms with Crippen LogP contribution in [0.5, 0.6) is 0 Å². The fraction of sp³-hybridized carbons (Fsp3) is 0.556. The lowest BCUT2D eigenvalue weighted by molar-refractivity contribution is 0.0251. The predicted octanol–water partition coefficient (Wildman–Crippen LogP) is 2.67. The van der Waals surface area contributed by atoms with Crippen LogP contribution >= 0.6 is 0 Å². The fourth-order valence-corrected chi connectivity index (χ4v) is 4.65. The number of carboxylic acid groups (broad SMARTS) is 2. The predicted molar refractivity (Wildman–Crippen MR) is 83.5 cm³/mol. The van der Waals surface area contributed by atoms with Crippen LogP contribution in [0.15, 0.2) is 18.2 Å². The molecule has 3 fully saturated rings. The van der Waals surface area contributed by atoms with Crippen molar-refractivity contribution in [2.75, 3.05) is 6.61 Å². The summed E-state index contributed by atoms with van der Waals surface area (Å²) in [7, 11) is 0. The first kappa shape index (κ1) is 15.6. The lowest BCUT2D eigenvalue weighted by Crippen LogP contribution is -2.41. The van der Waals surface area contributed by atoms with Crippen molar-refractivity contribution in [3.05, 3.63) is 34.9 Å². The van der Waals surface area contributed by atoms with E-state index < -0.39 is 17.5 Å². The highest BCUT2D eigenvalue weighted by Crippen LogP contribution is 2.60. The molecule has 2 N–H and O–H groups in total. The van der Waals surface area contributed by atoms with Gasteiger partial charge in [0.05, 0.1) is 23.3 Å². The van der Waals surface area contributed by atoms with E-state index in [0.29, 0.717) is 12.2 Å². The molecular formula is C18H20O6. The van der Waals surface area contributed by atoms with E-state index in [2.05, 4.69) is 0 Å². The Hall–Kier alpha value is -1.92. The van der Waals surface area contributed by atoms with Gasteiger partial charge in [0.15, 0.2) is 0 Å². The van der Waals surface area contributed by atoms with Crippen LogP contribution in [0, 0.1) is 0 Å². The van der Waals surface area contributed by atoms with Gasteiger partial charge in [-0.05, 0) is 37.3 Å². The van der Waals surface area contributed by atoms with Gasteiger partial charge in [-0.1, -0.05) is 18.6 Å². The second-order valence-electron chi connectivity index (χ2n) is 6.83. The molecule has 6 heteroatoms. The maximum absolute atomic E-state index is 11.8. The number of carboxylic acids is 2. The van der Waals surface area contributed by atoms with Gasteiger partial charge in [-0.15, -0.1) is 0 Å². The molecule has 0 bridgehead atoms. The maximum Gasteiger partial charge on any atom is 0.336 e. The average Bonchev–Trinajstić information content (AvgIpc) is 3.06. The third kappa shape index (κ3) is 2.17. The van der Waals surface area contributed by atoms with Crippen molar-refractivity contribution in [1.29, 1.82) is 0 Å². The highest BCUT2D eigenvalue weighted by atomic mass is 16.6. The van der Waals surface area contributed by atoms with Gasteiger partial charge in [-0.25, -0.2) is 9.59 Å². The van der Waals surface area contributed by atoms with E-state index in [1.165, 1.54) is 6.07 Å². The van der Waals surface area contributed by atoms with E-state index in [1.807, 2.05) is 0 Å². The molecule has 1 saturated carbocycles. The van der Waals surface area contributed by atoms with E-state index >= 15 is 0 Å². The van der Waals surface area contributed by atoms with Gasteiger partial charge in [0, 0.05) is 12.5 Å². The summed E-state index contributed by atoms with van der Waals surface area (Å²) >= 11 is 0. The normalized spacial score (nSPS) is 34.6. The van der Waals surface area contributed by atoms with Crippen molar-refractivity contribution >= 4 is 11.9 Å². The van der Waals surface area contributed by atoms with Crippen LogP contribution in [0.25, 0.3) is 0 Å². The molecule has 2 saturated heterocycles. The highest BCUT2D eigenvalue weighted by molar-refractivity contribution is 6.03. The van der Waals surface area contributed by atoms with E-state index in [-0.39, 0.29) is 29.3 Å². The third-order valence-electron chi connectivity index (χ3n) is 5.65. The summed E-state index contributed by atoms with van der Waals surface area (Å²) in [5.74, 6) is -2.55. The van der Waals surface area contributed by atoms with E-state index in [4.69, 9.17) is 9.47 Å². The van der Waals surface area contributed by atoms with E-state index in [1.54, 1.807) is 12.1 Å². The fourth-order valence-electron chi connectivity index (χ4n) is 4.65. The molecule has 1 aromatic carbocycles. The molecule has 4 unspecified atom stereocenters. The number of benzene rings is 1. The second-order valence-corrected chi connectivity index (χ2v) is 6.83. The number of hydrogen-bond acceptors (Lipinski definition) is 4. The molecule has 0 spiro atoms. The molecule has 3 aliphatic rings. The number of epoxide rings is 1. The Morgan fingerprint density at radius 3 is 2.50 bits per heavy atom. The average molecular weight is 332 g/mol. The van der Waals surface area contributed by atoms with Crippen LogP contribution in [0.1, 0.15) is 64.3 Å². The van der Waals surface area contributed by atoms with E-state index in [9.17, 15) is 19.8 Å². The van der Waals surface area contributed by atoms with Crippen LogP contribution in [0.3, 0.4) is 0 Å².